The topological polar surface area (TPSA) is 79.8 Å². The number of rotatable bonds is 6. The van der Waals surface area contributed by atoms with Crippen LogP contribution in [0.2, 0.25) is 0 Å². The van der Waals surface area contributed by atoms with E-state index in [1.165, 1.54) is 22.6 Å². The molecular weight excluding hydrogens is 445 g/mol. The zero-order valence-corrected chi connectivity index (χ0v) is 18.8. The van der Waals surface area contributed by atoms with Crippen LogP contribution < -0.4 is 10.6 Å². The number of nitrogens with two attached hydrogens (primary N) is 1. The number of hydrogen-bond donors (Lipinski definition) is 1. The van der Waals surface area contributed by atoms with Gasteiger partial charge in [-0.3, -0.25) is 9.69 Å². The lowest BCUT2D eigenvalue weighted by Gasteiger charge is -2.25. The number of carbonyl (C=O) groups is 1. The molecule has 0 radical (unpaired) electrons. The van der Waals surface area contributed by atoms with E-state index in [1.54, 1.807) is 6.07 Å². The number of halogens is 3. The Kier molecular flexibility index (Phi) is 5.71. The summed E-state index contributed by atoms with van der Waals surface area (Å²) in [5.74, 6) is 0.362. The Hall–Kier alpha value is -3.14. The van der Waals surface area contributed by atoms with Gasteiger partial charge in [-0.25, -0.2) is 9.50 Å². The number of nitrogens with zero attached hydrogens (tertiary/aromatic N) is 5. The van der Waals surface area contributed by atoms with E-state index in [4.69, 9.17) is 5.73 Å². The second-order valence-electron chi connectivity index (χ2n) is 9.65. The number of primary amides is 1. The summed E-state index contributed by atoms with van der Waals surface area (Å²) in [6.45, 7) is 4.45. The minimum atomic E-state index is -4.26. The molecule has 1 unspecified atom stereocenters. The first-order valence-corrected chi connectivity index (χ1v) is 11.4. The van der Waals surface area contributed by atoms with Crippen LogP contribution in [0.3, 0.4) is 0 Å². The number of hydrogen-bond acceptors (Lipinski definition) is 5. The second kappa shape index (κ2) is 8.57. The molecule has 2 aliphatic heterocycles. The summed E-state index contributed by atoms with van der Waals surface area (Å²) >= 11 is 0. The van der Waals surface area contributed by atoms with Crippen molar-refractivity contribution in [3.8, 4) is 0 Å². The van der Waals surface area contributed by atoms with Gasteiger partial charge in [0.15, 0.2) is 5.82 Å². The van der Waals surface area contributed by atoms with Crippen LogP contribution in [0.5, 0.6) is 0 Å². The van der Waals surface area contributed by atoms with Crippen LogP contribution >= 0.6 is 0 Å². The average molecular weight is 473 g/mol. The van der Waals surface area contributed by atoms with Crippen molar-refractivity contribution in [3.05, 3.63) is 59.5 Å². The Bertz CT molecular complexity index is 1190. The Morgan fingerprint density at radius 2 is 1.79 bits per heavy atom. The summed E-state index contributed by atoms with van der Waals surface area (Å²) < 4.78 is 40.1. The van der Waals surface area contributed by atoms with Gasteiger partial charge in [0.05, 0.1) is 12.8 Å². The lowest BCUT2D eigenvalue weighted by molar-refractivity contribution is -0.127. The number of likely N-dealkylation sites (tertiary alicyclic amines) is 1. The molecule has 1 spiro atoms. The van der Waals surface area contributed by atoms with E-state index in [-0.39, 0.29) is 23.3 Å². The van der Waals surface area contributed by atoms with Crippen molar-refractivity contribution in [2.45, 2.75) is 38.4 Å². The molecular formula is C24H27F3N6O. The summed E-state index contributed by atoms with van der Waals surface area (Å²) in [5.41, 5.74) is 8.33. The van der Waals surface area contributed by atoms with E-state index in [0.717, 1.165) is 51.1 Å². The van der Waals surface area contributed by atoms with Gasteiger partial charge in [-0.1, -0.05) is 24.3 Å². The molecule has 2 saturated heterocycles. The van der Waals surface area contributed by atoms with Gasteiger partial charge >= 0.3 is 6.18 Å². The molecule has 2 N–H and O–H groups in total. The zero-order valence-electron chi connectivity index (χ0n) is 18.8. The maximum Gasteiger partial charge on any atom is 0.393 e. The SMILES string of the molecule is NC(=O)Cc1ccc(CN2CCC3(CCN(c4ncnn5cc(CC(F)(F)F)cc45)C3)C2)cc1. The van der Waals surface area contributed by atoms with Crippen LogP contribution in [0.15, 0.2) is 42.9 Å². The van der Waals surface area contributed by atoms with Gasteiger partial charge < -0.3 is 10.6 Å². The van der Waals surface area contributed by atoms with Gasteiger partial charge in [0.25, 0.3) is 0 Å². The van der Waals surface area contributed by atoms with Crippen LogP contribution in [0.25, 0.3) is 5.52 Å². The Balaban J connectivity index is 1.25. The zero-order chi connectivity index (χ0) is 23.9. The van der Waals surface area contributed by atoms with Crippen molar-refractivity contribution in [2.24, 2.45) is 11.1 Å². The van der Waals surface area contributed by atoms with Gasteiger partial charge in [0.1, 0.15) is 11.8 Å². The molecule has 5 rings (SSSR count). The quantitative estimate of drug-likeness (QED) is 0.597. The third-order valence-corrected chi connectivity index (χ3v) is 6.91. The molecule has 4 heterocycles. The van der Waals surface area contributed by atoms with Crippen molar-refractivity contribution >= 4 is 17.2 Å². The summed E-state index contributed by atoms with van der Waals surface area (Å²) in [6.07, 6.45) is -0.0415. The maximum absolute atomic E-state index is 12.9. The number of aromatic nitrogens is 3. The molecule has 2 fully saturated rings. The highest BCUT2D eigenvalue weighted by molar-refractivity contribution is 5.76. The van der Waals surface area contributed by atoms with Crippen molar-refractivity contribution < 1.29 is 18.0 Å². The number of amides is 1. The fourth-order valence-corrected chi connectivity index (χ4v) is 5.38. The van der Waals surface area contributed by atoms with Crippen molar-refractivity contribution in [2.75, 3.05) is 31.1 Å². The molecule has 0 aliphatic carbocycles. The van der Waals surface area contributed by atoms with Gasteiger partial charge in [-0.05, 0) is 42.1 Å². The molecule has 10 heteroatoms. The van der Waals surface area contributed by atoms with Crippen LogP contribution in [-0.4, -0.2) is 57.8 Å². The van der Waals surface area contributed by atoms with Gasteiger partial charge in [-0.15, -0.1) is 0 Å². The molecule has 2 aliphatic rings. The monoisotopic (exact) mass is 472 g/mol. The molecule has 0 bridgehead atoms. The number of carbonyl (C=O) groups excluding carboxylic acids is 1. The van der Waals surface area contributed by atoms with Crippen molar-refractivity contribution in [1.82, 2.24) is 19.5 Å². The highest BCUT2D eigenvalue weighted by Crippen LogP contribution is 2.42. The fourth-order valence-electron chi connectivity index (χ4n) is 5.38. The second-order valence-corrected chi connectivity index (χ2v) is 9.65. The van der Waals surface area contributed by atoms with Crippen LogP contribution in [-0.2, 0) is 24.2 Å². The molecule has 0 saturated carbocycles. The lowest BCUT2D eigenvalue weighted by Crippen LogP contribution is -2.31. The third-order valence-electron chi connectivity index (χ3n) is 6.91. The highest BCUT2D eigenvalue weighted by atomic mass is 19.4. The predicted octanol–water partition coefficient (Wildman–Crippen LogP) is 2.96. The summed E-state index contributed by atoms with van der Waals surface area (Å²) in [5, 5.41) is 4.11. The summed E-state index contributed by atoms with van der Waals surface area (Å²) in [4.78, 5) is 20.2. The standard InChI is InChI=1S/C24H27F3N6O/c25-24(26,27)11-19-9-20-22(29-16-30-33(20)13-19)32-8-6-23(15-32)5-7-31(14-23)12-18-3-1-17(2-4-18)10-21(28)34/h1-4,9,13,16H,5-8,10-12,14-15H2,(H2,28,34). The Morgan fingerprint density at radius 1 is 1.06 bits per heavy atom. The van der Waals surface area contributed by atoms with E-state index < -0.39 is 12.6 Å². The number of anilines is 1. The first-order valence-electron chi connectivity index (χ1n) is 11.4. The van der Waals surface area contributed by atoms with E-state index in [9.17, 15) is 18.0 Å². The molecule has 1 amide bonds. The lowest BCUT2D eigenvalue weighted by atomic mass is 9.86. The van der Waals surface area contributed by atoms with E-state index >= 15 is 0 Å². The number of alkyl halides is 3. The summed E-state index contributed by atoms with van der Waals surface area (Å²) in [7, 11) is 0. The highest BCUT2D eigenvalue weighted by Gasteiger charge is 2.44. The van der Waals surface area contributed by atoms with Crippen LogP contribution in [0.4, 0.5) is 19.0 Å². The number of benzene rings is 1. The van der Waals surface area contributed by atoms with E-state index in [2.05, 4.69) is 19.9 Å². The number of fused-ring (bicyclic) bond motifs is 1. The minimum absolute atomic E-state index is 0.148. The average Bonchev–Trinajstić information content (AvgIpc) is 3.46. The molecule has 1 atom stereocenters. The molecule has 2 aromatic heterocycles. The molecule has 34 heavy (non-hydrogen) atoms. The van der Waals surface area contributed by atoms with Crippen LogP contribution in [0, 0.1) is 5.41 Å². The summed E-state index contributed by atoms with van der Waals surface area (Å²) in [6, 6.07) is 9.55. The van der Waals surface area contributed by atoms with Gasteiger partial charge in [0.2, 0.25) is 5.91 Å². The molecule has 1 aromatic carbocycles. The molecule has 3 aromatic rings. The van der Waals surface area contributed by atoms with Crippen LogP contribution in [0.1, 0.15) is 29.5 Å². The first-order chi connectivity index (χ1) is 16.2. The van der Waals surface area contributed by atoms with E-state index in [0.29, 0.717) is 11.3 Å². The predicted molar refractivity (Wildman–Crippen MR) is 121 cm³/mol. The van der Waals surface area contributed by atoms with Gasteiger partial charge in [-0.2, -0.15) is 18.3 Å². The largest absolute Gasteiger partial charge is 0.393 e. The fraction of sp³-hybridized carbons (Fsp3) is 0.458. The smallest absolute Gasteiger partial charge is 0.369 e. The minimum Gasteiger partial charge on any atom is -0.369 e. The first kappa shape index (κ1) is 22.6. The normalized spacial score (nSPS) is 21.2. The molecule has 7 nitrogen and oxygen atoms in total. The third kappa shape index (κ3) is 4.86. The maximum atomic E-state index is 12.9. The Morgan fingerprint density at radius 3 is 2.53 bits per heavy atom. The Labute approximate surface area is 195 Å². The van der Waals surface area contributed by atoms with Crippen molar-refractivity contribution in [3.63, 3.8) is 0 Å². The van der Waals surface area contributed by atoms with Crippen molar-refractivity contribution in [1.29, 1.82) is 0 Å². The van der Waals surface area contributed by atoms with Gasteiger partial charge in [0, 0.05) is 37.8 Å². The van der Waals surface area contributed by atoms with E-state index in [1.807, 2.05) is 24.3 Å². The molecule has 180 valence electrons.